The maximum Gasteiger partial charge on any atom is 0.373 e. The van der Waals surface area contributed by atoms with E-state index < -0.39 is 18.0 Å². The Balaban J connectivity index is 1.76. The molecule has 0 aliphatic carbocycles. The Hall–Kier alpha value is -2.83. The number of carbonyl (C=O) groups is 2. The predicted octanol–water partition coefficient (Wildman–Crippen LogP) is 1.17. The molecule has 0 bridgehead atoms. The lowest BCUT2D eigenvalue weighted by Crippen LogP contribution is -2.25. The Labute approximate surface area is 132 Å². The van der Waals surface area contributed by atoms with Crippen LogP contribution < -0.4 is 9.47 Å². The summed E-state index contributed by atoms with van der Waals surface area (Å²) in [6, 6.07) is 4.92. The molecule has 2 heterocycles. The van der Waals surface area contributed by atoms with E-state index in [0.29, 0.717) is 17.1 Å². The molecule has 0 saturated carbocycles. The first kappa shape index (κ1) is 15.1. The molecule has 0 N–H and O–H groups in total. The van der Waals surface area contributed by atoms with E-state index in [4.69, 9.17) is 18.9 Å². The minimum Gasteiger partial charge on any atom is -0.466 e. The number of ether oxygens (including phenoxy) is 4. The van der Waals surface area contributed by atoms with Crippen LogP contribution in [0.15, 0.2) is 30.5 Å². The third-order valence-corrected chi connectivity index (χ3v) is 3.45. The molecular weight excluding hydrogens is 302 g/mol. The minimum absolute atomic E-state index is 0.0363. The lowest BCUT2D eigenvalue weighted by Gasteiger charge is -2.15. The van der Waals surface area contributed by atoms with Gasteiger partial charge in [-0.1, -0.05) is 6.07 Å². The molecule has 23 heavy (non-hydrogen) atoms. The van der Waals surface area contributed by atoms with E-state index in [1.807, 2.05) is 12.3 Å². The summed E-state index contributed by atoms with van der Waals surface area (Å²) < 4.78 is 22.2. The fraction of sp³-hybridized carbons (Fsp3) is 0.312. The summed E-state index contributed by atoms with van der Waals surface area (Å²) in [7, 11) is 1.24. The van der Waals surface area contributed by atoms with Crippen LogP contribution in [0.5, 0.6) is 11.5 Å². The van der Waals surface area contributed by atoms with Crippen LogP contribution in [0.3, 0.4) is 0 Å². The highest BCUT2D eigenvalue weighted by atomic mass is 16.7. The van der Waals surface area contributed by atoms with E-state index in [0.717, 1.165) is 6.42 Å². The molecule has 1 aromatic rings. The van der Waals surface area contributed by atoms with E-state index in [1.165, 1.54) is 7.11 Å². The third-order valence-electron chi connectivity index (χ3n) is 3.45. The summed E-state index contributed by atoms with van der Waals surface area (Å²) in [5.41, 5.74) is 0.468. The van der Waals surface area contributed by atoms with E-state index in [9.17, 15) is 9.59 Å². The maximum absolute atomic E-state index is 12.1. The standard InChI is InChI=1S/C16H16NO6/c1-20-16(19)15(23-14(18)9-17-6-2-3-7-17)11-4-5-12-13(8-11)22-10-21-12/h2,4-8,15H,3,9-10H2,1H3/q+1. The van der Waals surface area contributed by atoms with Gasteiger partial charge in [0.25, 0.3) is 0 Å². The van der Waals surface area contributed by atoms with Gasteiger partial charge in [0.05, 0.1) is 7.11 Å². The number of allylic oxidation sites excluding steroid dienone is 1. The van der Waals surface area contributed by atoms with Gasteiger partial charge < -0.3 is 18.9 Å². The first-order valence-electron chi connectivity index (χ1n) is 7.10. The van der Waals surface area contributed by atoms with Crippen LogP contribution in [0.25, 0.3) is 0 Å². The minimum atomic E-state index is -1.14. The average molecular weight is 318 g/mol. The molecule has 120 valence electrons. The van der Waals surface area contributed by atoms with Gasteiger partial charge in [0.2, 0.25) is 19.4 Å². The van der Waals surface area contributed by atoms with Crippen LogP contribution in [0.1, 0.15) is 18.1 Å². The van der Waals surface area contributed by atoms with Crippen LogP contribution >= 0.6 is 0 Å². The summed E-state index contributed by atoms with van der Waals surface area (Å²) in [6.07, 6.45) is 5.19. The second kappa shape index (κ2) is 6.51. The van der Waals surface area contributed by atoms with Crippen LogP contribution in [-0.2, 0) is 19.1 Å². The molecule has 2 aliphatic heterocycles. The lowest BCUT2D eigenvalue weighted by molar-refractivity contribution is -0.440. The molecule has 7 heteroatoms. The number of nitrogens with zero attached hydrogens (tertiary/aromatic N) is 1. The van der Waals surface area contributed by atoms with Crippen LogP contribution in [0, 0.1) is 0 Å². The molecule has 1 aromatic carbocycles. The van der Waals surface area contributed by atoms with Crippen molar-refractivity contribution in [3.05, 3.63) is 36.0 Å². The largest absolute Gasteiger partial charge is 0.466 e. The number of hydrogen-bond acceptors (Lipinski definition) is 6. The molecule has 0 fully saturated rings. The predicted molar refractivity (Wildman–Crippen MR) is 78.4 cm³/mol. The van der Waals surface area contributed by atoms with Crippen molar-refractivity contribution in [1.82, 2.24) is 0 Å². The smallest absolute Gasteiger partial charge is 0.373 e. The number of esters is 2. The first-order valence-corrected chi connectivity index (χ1v) is 7.10. The molecule has 0 spiro atoms. The maximum atomic E-state index is 12.1. The van der Waals surface area contributed by atoms with Gasteiger partial charge in [-0.2, -0.15) is 4.58 Å². The Morgan fingerprint density at radius 3 is 2.87 bits per heavy atom. The van der Waals surface area contributed by atoms with Gasteiger partial charge in [0.15, 0.2) is 17.7 Å². The van der Waals surface area contributed by atoms with Crippen molar-refractivity contribution in [3.63, 3.8) is 0 Å². The van der Waals surface area contributed by atoms with Gasteiger partial charge in [-0.15, -0.1) is 0 Å². The van der Waals surface area contributed by atoms with Crippen LogP contribution in [0.2, 0.25) is 0 Å². The van der Waals surface area contributed by atoms with E-state index >= 15 is 0 Å². The number of fused-ring (bicyclic) bond motifs is 1. The zero-order chi connectivity index (χ0) is 16.2. The number of rotatable bonds is 5. The van der Waals surface area contributed by atoms with Crippen LogP contribution in [-0.4, -0.2) is 43.2 Å². The number of hydrogen-bond donors (Lipinski definition) is 0. The lowest BCUT2D eigenvalue weighted by atomic mass is 10.1. The molecule has 0 amide bonds. The summed E-state index contributed by atoms with van der Waals surface area (Å²) in [4.78, 5) is 24.0. The van der Waals surface area contributed by atoms with Gasteiger partial charge in [-0.25, -0.2) is 9.59 Å². The third kappa shape index (κ3) is 3.33. The highest BCUT2D eigenvalue weighted by molar-refractivity contribution is 5.81. The quantitative estimate of drug-likeness (QED) is 0.599. The number of methoxy groups -OCH3 is 1. The first-order chi connectivity index (χ1) is 11.2. The normalized spacial score (nSPS) is 16.0. The molecule has 7 nitrogen and oxygen atoms in total. The molecule has 3 rings (SSSR count). The Morgan fingerprint density at radius 2 is 2.13 bits per heavy atom. The van der Waals surface area contributed by atoms with Gasteiger partial charge >= 0.3 is 11.9 Å². The van der Waals surface area contributed by atoms with Gasteiger partial charge in [0, 0.05) is 12.0 Å². The zero-order valence-electron chi connectivity index (χ0n) is 12.6. The monoisotopic (exact) mass is 318 g/mol. The molecule has 0 radical (unpaired) electrons. The highest BCUT2D eigenvalue weighted by Gasteiger charge is 2.29. The van der Waals surface area contributed by atoms with E-state index in [2.05, 4.69) is 0 Å². The molecule has 0 saturated heterocycles. The fourth-order valence-corrected chi connectivity index (χ4v) is 2.32. The van der Waals surface area contributed by atoms with Crippen molar-refractivity contribution in [2.75, 3.05) is 20.4 Å². The second-order valence-electron chi connectivity index (χ2n) is 4.98. The zero-order valence-corrected chi connectivity index (χ0v) is 12.6. The fourth-order valence-electron chi connectivity index (χ4n) is 2.32. The molecule has 2 aliphatic rings. The molecule has 1 unspecified atom stereocenters. The van der Waals surface area contributed by atoms with E-state index in [-0.39, 0.29) is 13.3 Å². The van der Waals surface area contributed by atoms with Crippen molar-refractivity contribution < 1.29 is 33.1 Å². The SMILES string of the molecule is COC(=O)C(OC(=O)C[N+]1=CCC=C1)c1ccc2c(c1)OCO2. The summed E-state index contributed by atoms with van der Waals surface area (Å²) in [5.74, 6) is -0.0946. The van der Waals surface area contributed by atoms with Crippen molar-refractivity contribution in [2.45, 2.75) is 12.5 Å². The molecular formula is C16H16NO6+. The average Bonchev–Trinajstić information content (AvgIpc) is 3.22. The van der Waals surface area contributed by atoms with Crippen molar-refractivity contribution in [1.29, 1.82) is 0 Å². The summed E-state index contributed by atoms with van der Waals surface area (Å²) in [6.45, 7) is 0.160. The Bertz CT molecular complexity index is 694. The summed E-state index contributed by atoms with van der Waals surface area (Å²) in [5, 5.41) is 0. The van der Waals surface area contributed by atoms with Gasteiger partial charge in [-0.05, 0) is 18.2 Å². The van der Waals surface area contributed by atoms with Crippen LogP contribution in [0.4, 0.5) is 0 Å². The van der Waals surface area contributed by atoms with Gasteiger partial charge in [0.1, 0.15) is 6.21 Å². The van der Waals surface area contributed by atoms with Crippen molar-refractivity contribution >= 4 is 18.2 Å². The van der Waals surface area contributed by atoms with E-state index in [1.54, 1.807) is 29.0 Å². The Morgan fingerprint density at radius 1 is 1.30 bits per heavy atom. The topological polar surface area (TPSA) is 74.1 Å². The highest BCUT2D eigenvalue weighted by Crippen LogP contribution is 2.35. The number of benzene rings is 1. The van der Waals surface area contributed by atoms with Gasteiger partial charge in [-0.3, -0.25) is 0 Å². The summed E-state index contributed by atoms with van der Waals surface area (Å²) >= 11 is 0. The Kier molecular flexibility index (Phi) is 4.27. The number of carbonyl (C=O) groups excluding carboxylic acids is 2. The van der Waals surface area contributed by atoms with Crippen molar-refractivity contribution in [3.8, 4) is 11.5 Å². The molecule has 1 atom stereocenters. The van der Waals surface area contributed by atoms with Crippen molar-refractivity contribution in [2.24, 2.45) is 0 Å². The second-order valence-corrected chi connectivity index (χ2v) is 4.98. The molecule has 0 aromatic heterocycles.